The van der Waals surface area contributed by atoms with Crippen molar-refractivity contribution in [2.75, 3.05) is 19.8 Å². The molecule has 0 radical (unpaired) electrons. The van der Waals surface area contributed by atoms with Gasteiger partial charge >= 0.3 is 6.18 Å². The molecule has 0 amide bonds. The van der Waals surface area contributed by atoms with Crippen LogP contribution in [0.1, 0.15) is 26.3 Å². The first-order valence-corrected chi connectivity index (χ1v) is 6.06. The minimum atomic E-state index is -4.28. The van der Waals surface area contributed by atoms with Crippen LogP contribution in [0.4, 0.5) is 13.2 Å². The molecule has 1 rings (SSSR count). The Labute approximate surface area is 111 Å². The van der Waals surface area contributed by atoms with E-state index in [1.54, 1.807) is 0 Å². The molecule has 19 heavy (non-hydrogen) atoms. The highest BCUT2D eigenvalue weighted by molar-refractivity contribution is 5.31. The lowest BCUT2D eigenvalue weighted by Crippen LogP contribution is -2.19. The Hall–Kier alpha value is -1.23. The molecule has 0 N–H and O–H groups in total. The van der Waals surface area contributed by atoms with E-state index in [0.29, 0.717) is 5.75 Å². The van der Waals surface area contributed by atoms with E-state index in [2.05, 4.69) is 25.5 Å². The number of alkyl halides is 3. The van der Waals surface area contributed by atoms with E-state index in [4.69, 9.17) is 4.74 Å². The van der Waals surface area contributed by atoms with Crippen LogP contribution in [-0.2, 0) is 10.2 Å². The molecule has 0 heterocycles. The maximum Gasteiger partial charge on any atom is 0.411 e. The summed E-state index contributed by atoms with van der Waals surface area (Å²) in [5.41, 5.74) is 1.24. The van der Waals surface area contributed by atoms with E-state index in [0.717, 1.165) is 0 Å². The van der Waals surface area contributed by atoms with Gasteiger partial charge in [0.1, 0.15) is 19.0 Å². The van der Waals surface area contributed by atoms with E-state index >= 15 is 0 Å². The van der Waals surface area contributed by atoms with Gasteiger partial charge in [-0.3, -0.25) is 0 Å². The van der Waals surface area contributed by atoms with E-state index in [9.17, 15) is 13.2 Å². The van der Waals surface area contributed by atoms with Gasteiger partial charge < -0.3 is 9.47 Å². The van der Waals surface area contributed by atoms with Crippen LogP contribution in [0.5, 0.6) is 5.75 Å². The molecule has 0 aliphatic carbocycles. The molecule has 0 fully saturated rings. The lowest BCUT2D eigenvalue weighted by atomic mass is 9.87. The van der Waals surface area contributed by atoms with Crippen molar-refractivity contribution in [2.24, 2.45) is 0 Å². The molecule has 0 aromatic heterocycles. The average molecular weight is 276 g/mol. The molecule has 0 aliphatic heterocycles. The predicted octanol–water partition coefficient (Wildman–Crippen LogP) is 3.94. The topological polar surface area (TPSA) is 18.5 Å². The smallest absolute Gasteiger partial charge is 0.411 e. The molecule has 0 bridgehead atoms. The van der Waals surface area contributed by atoms with Crippen LogP contribution in [0, 0.1) is 0 Å². The molecule has 0 unspecified atom stereocenters. The second kappa shape index (κ2) is 6.28. The summed E-state index contributed by atoms with van der Waals surface area (Å²) in [5.74, 6) is 0.628. The fraction of sp³-hybridized carbons (Fsp3) is 0.571. The van der Waals surface area contributed by atoms with Crippen LogP contribution in [-0.4, -0.2) is 26.0 Å². The standard InChI is InChI=1S/C14H19F3O2/c1-13(2,3)11-4-6-12(7-5-11)19-9-8-18-10-14(15,16)17/h4-7H,8-10H2,1-3H3. The third-order valence-electron chi connectivity index (χ3n) is 2.48. The number of hydrogen-bond acceptors (Lipinski definition) is 2. The van der Waals surface area contributed by atoms with Crippen LogP contribution in [0.15, 0.2) is 24.3 Å². The van der Waals surface area contributed by atoms with Crippen molar-refractivity contribution in [2.45, 2.75) is 32.4 Å². The summed E-state index contributed by atoms with van der Waals surface area (Å²) in [4.78, 5) is 0. The van der Waals surface area contributed by atoms with E-state index < -0.39 is 12.8 Å². The summed E-state index contributed by atoms with van der Waals surface area (Å²) in [5, 5.41) is 0. The van der Waals surface area contributed by atoms with Gasteiger partial charge in [0.25, 0.3) is 0 Å². The third kappa shape index (κ3) is 6.47. The molecule has 1 aromatic carbocycles. The van der Waals surface area contributed by atoms with Gasteiger partial charge in [0.05, 0.1) is 6.61 Å². The molecular weight excluding hydrogens is 257 g/mol. The van der Waals surface area contributed by atoms with Crippen molar-refractivity contribution in [1.82, 2.24) is 0 Å². The second-order valence-electron chi connectivity index (χ2n) is 5.29. The second-order valence-corrected chi connectivity index (χ2v) is 5.29. The SMILES string of the molecule is CC(C)(C)c1ccc(OCCOCC(F)(F)F)cc1. The molecule has 0 atom stereocenters. The highest BCUT2D eigenvalue weighted by atomic mass is 19.4. The van der Waals surface area contributed by atoms with Crippen LogP contribution in [0.25, 0.3) is 0 Å². The van der Waals surface area contributed by atoms with Gasteiger partial charge in [0.2, 0.25) is 0 Å². The van der Waals surface area contributed by atoms with Gasteiger partial charge in [-0.05, 0) is 23.1 Å². The van der Waals surface area contributed by atoms with E-state index in [1.165, 1.54) is 5.56 Å². The summed E-state index contributed by atoms with van der Waals surface area (Å²) in [6, 6.07) is 7.52. The maximum atomic E-state index is 11.8. The monoisotopic (exact) mass is 276 g/mol. The van der Waals surface area contributed by atoms with Crippen molar-refractivity contribution < 1.29 is 22.6 Å². The van der Waals surface area contributed by atoms with Crippen LogP contribution >= 0.6 is 0 Å². The molecule has 2 nitrogen and oxygen atoms in total. The van der Waals surface area contributed by atoms with E-state index in [1.807, 2.05) is 24.3 Å². The molecule has 0 saturated carbocycles. The Morgan fingerprint density at radius 1 is 0.947 bits per heavy atom. The van der Waals surface area contributed by atoms with Crippen LogP contribution in [0.2, 0.25) is 0 Å². The Morgan fingerprint density at radius 3 is 2.00 bits per heavy atom. The zero-order valence-electron chi connectivity index (χ0n) is 11.4. The zero-order chi connectivity index (χ0) is 14.5. The van der Waals surface area contributed by atoms with Gasteiger partial charge in [0, 0.05) is 0 Å². The lowest BCUT2D eigenvalue weighted by molar-refractivity contribution is -0.175. The van der Waals surface area contributed by atoms with Crippen molar-refractivity contribution in [1.29, 1.82) is 0 Å². The average Bonchev–Trinajstić information content (AvgIpc) is 2.26. The largest absolute Gasteiger partial charge is 0.491 e. The molecule has 0 saturated heterocycles. The van der Waals surface area contributed by atoms with Crippen molar-refractivity contribution >= 4 is 0 Å². The van der Waals surface area contributed by atoms with Gasteiger partial charge in [-0.15, -0.1) is 0 Å². The highest BCUT2D eigenvalue weighted by Crippen LogP contribution is 2.24. The Kier molecular flexibility index (Phi) is 5.23. The molecular formula is C14H19F3O2. The molecule has 0 spiro atoms. The first-order chi connectivity index (χ1) is 8.68. The number of halogens is 3. The number of rotatable bonds is 5. The zero-order valence-corrected chi connectivity index (χ0v) is 11.4. The fourth-order valence-electron chi connectivity index (χ4n) is 1.46. The Morgan fingerprint density at radius 2 is 1.53 bits per heavy atom. The third-order valence-corrected chi connectivity index (χ3v) is 2.48. The van der Waals surface area contributed by atoms with Gasteiger partial charge in [-0.1, -0.05) is 32.9 Å². The number of ether oxygens (including phenoxy) is 2. The van der Waals surface area contributed by atoms with E-state index in [-0.39, 0.29) is 18.6 Å². The predicted molar refractivity (Wildman–Crippen MR) is 67.5 cm³/mol. The summed E-state index contributed by atoms with van der Waals surface area (Å²) in [6.45, 7) is 5.10. The van der Waals surface area contributed by atoms with Crippen molar-refractivity contribution in [3.8, 4) is 5.75 Å². The lowest BCUT2D eigenvalue weighted by Gasteiger charge is -2.19. The maximum absolute atomic E-state index is 11.8. The summed E-state index contributed by atoms with van der Waals surface area (Å²) in [6.07, 6.45) is -4.28. The van der Waals surface area contributed by atoms with Crippen LogP contribution in [0.3, 0.4) is 0 Å². The number of benzene rings is 1. The molecule has 0 aliphatic rings. The fourth-order valence-corrected chi connectivity index (χ4v) is 1.46. The quantitative estimate of drug-likeness (QED) is 0.758. The van der Waals surface area contributed by atoms with Crippen molar-refractivity contribution in [3.63, 3.8) is 0 Å². The minimum absolute atomic E-state index is 0.0638. The summed E-state index contributed by atoms with van der Waals surface area (Å²) in [7, 11) is 0. The summed E-state index contributed by atoms with van der Waals surface area (Å²) >= 11 is 0. The van der Waals surface area contributed by atoms with Gasteiger partial charge in [0.15, 0.2) is 0 Å². The highest BCUT2D eigenvalue weighted by Gasteiger charge is 2.27. The molecule has 1 aromatic rings. The summed E-state index contributed by atoms with van der Waals surface area (Å²) < 4.78 is 45.1. The molecule has 5 heteroatoms. The molecule has 108 valence electrons. The first kappa shape index (κ1) is 15.8. The number of hydrogen-bond donors (Lipinski definition) is 0. The first-order valence-electron chi connectivity index (χ1n) is 6.06. The Bertz CT molecular complexity index is 377. The van der Waals surface area contributed by atoms with Crippen LogP contribution < -0.4 is 4.74 Å². The van der Waals surface area contributed by atoms with Gasteiger partial charge in [-0.25, -0.2) is 0 Å². The minimum Gasteiger partial charge on any atom is -0.491 e. The van der Waals surface area contributed by atoms with Crippen molar-refractivity contribution in [3.05, 3.63) is 29.8 Å². The Balaban J connectivity index is 2.31. The normalized spacial score (nSPS) is 12.5. The van der Waals surface area contributed by atoms with Gasteiger partial charge in [-0.2, -0.15) is 13.2 Å².